The van der Waals surface area contributed by atoms with Crippen LogP contribution in [0.3, 0.4) is 0 Å². The van der Waals surface area contributed by atoms with Gasteiger partial charge in [-0.2, -0.15) is 0 Å². The number of nitrogens with zero attached hydrogens (tertiary/aromatic N) is 2. The van der Waals surface area contributed by atoms with Gasteiger partial charge in [0.1, 0.15) is 5.82 Å². The van der Waals surface area contributed by atoms with Crippen molar-refractivity contribution in [3.05, 3.63) is 34.9 Å². The lowest BCUT2D eigenvalue weighted by Crippen LogP contribution is -2.34. The first-order valence-electron chi connectivity index (χ1n) is 11.5. The van der Waals surface area contributed by atoms with Gasteiger partial charge in [-0.15, -0.1) is 0 Å². The highest BCUT2D eigenvalue weighted by molar-refractivity contribution is 6.35. The van der Waals surface area contributed by atoms with Crippen molar-refractivity contribution in [3.63, 3.8) is 0 Å². The molecule has 1 saturated heterocycles. The third-order valence-corrected chi connectivity index (χ3v) is 7.37. The highest BCUT2D eigenvalue weighted by Gasteiger charge is 2.35. The first-order chi connectivity index (χ1) is 15.3. The molecule has 1 unspecified atom stereocenters. The second-order valence-electron chi connectivity index (χ2n) is 9.07. The van der Waals surface area contributed by atoms with E-state index in [1.165, 1.54) is 0 Å². The highest BCUT2D eigenvalue weighted by atomic mass is 35.5. The second kappa shape index (κ2) is 9.48. The Bertz CT molecular complexity index is 977. The van der Waals surface area contributed by atoms with Crippen molar-refractivity contribution < 1.29 is 18.7 Å². The van der Waals surface area contributed by atoms with Gasteiger partial charge in [0.2, 0.25) is 5.92 Å². The summed E-state index contributed by atoms with van der Waals surface area (Å²) in [6.45, 7) is 3.48. The van der Waals surface area contributed by atoms with Gasteiger partial charge in [-0.05, 0) is 55.9 Å². The molecule has 174 valence electrons. The number of halogens is 3. The summed E-state index contributed by atoms with van der Waals surface area (Å²) >= 11 is 6.38. The Morgan fingerprint density at radius 2 is 2.00 bits per heavy atom. The smallest absolute Gasteiger partial charge is 0.253 e. The Balaban J connectivity index is 1.52. The zero-order valence-corrected chi connectivity index (χ0v) is 19.0. The van der Waals surface area contributed by atoms with Gasteiger partial charge in [-0.1, -0.05) is 18.5 Å². The molecule has 1 saturated carbocycles. The zero-order chi connectivity index (χ0) is 22.9. The Kier molecular flexibility index (Phi) is 6.86. The van der Waals surface area contributed by atoms with E-state index in [0.717, 1.165) is 25.2 Å². The topological polar surface area (TPSA) is 65.5 Å². The van der Waals surface area contributed by atoms with Crippen LogP contribution >= 0.6 is 11.6 Å². The number of carbonyl (C=O) groups is 1. The molecule has 1 aliphatic carbocycles. The summed E-state index contributed by atoms with van der Waals surface area (Å²) < 4.78 is 26.7. The number of nitrogens with one attached hydrogen (secondary N) is 1. The summed E-state index contributed by atoms with van der Waals surface area (Å²) in [5.41, 5.74) is 1.04. The van der Waals surface area contributed by atoms with E-state index in [0.29, 0.717) is 40.9 Å². The van der Waals surface area contributed by atoms with E-state index >= 15 is 0 Å². The lowest BCUT2D eigenvalue weighted by Gasteiger charge is -2.28. The molecule has 2 aliphatic rings. The largest absolute Gasteiger partial charge is 0.396 e. The van der Waals surface area contributed by atoms with Crippen LogP contribution in [0.1, 0.15) is 55.8 Å². The van der Waals surface area contributed by atoms with Crippen LogP contribution in [-0.4, -0.2) is 47.7 Å². The number of aliphatic hydroxyl groups excluding tert-OH is 1. The molecule has 1 aliphatic heterocycles. The van der Waals surface area contributed by atoms with Crippen LogP contribution in [-0.2, 0) is 0 Å². The van der Waals surface area contributed by atoms with Crippen molar-refractivity contribution in [2.75, 3.05) is 24.6 Å². The Hall–Kier alpha value is -1.99. The number of anilines is 1. The van der Waals surface area contributed by atoms with Gasteiger partial charge >= 0.3 is 0 Å². The normalized spacial score (nSPS) is 23.6. The predicted molar refractivity (Wildman–Crippen MR) is 123 cm³/mol. The molecule has 5 nitrogen and oxygen atoms in total. The van der Waals surface area contributed by atoms with Gasteiger partial charge in [-0.3, -0.25) is 4.79 Å². The number of carbonyl (C=O) groups excluding carboxylic acids is 1. The Labute approximate surface area is 192 Å². The molecule has 0 bridgehead atoms. The van der Waals surface area contributed by atoms with Crippen molar-refractivity contribution in [2.45, 2.75) is 57.4 Å². The fraction of sp³-hybridized carbons (Fsp3) is 0.583. The quantitative estimate of drug-likeness (QED) is 0.627. The standard InChI is InChI=1S/C24H30ClF2N3O2/c1-2-20-16(14-31)9-12-30(20)21-6-3-17-19(29-21)5-4-18(25)22(17)23(32)28-13-15-7-10-24(26,27)11-8-15/h3-6,15-16,20,31H,2,7-14H2,1H3,(H,28,32)/t16?,20-/m1/s1. The van der Waals surface area contributed by atoms with Gasteiger partial charge in [0.05, 0.1) is 16.1 Å². The molecule has 1 amide bonds. The van der Waals surface area contributed by atoms with E-state index in [9.17, 15) is 18.7 Å². The molecule has 2 atom stereocenters. The van der Waals surface area contributed by atoms with Crippen LogP contribution in [0, 0.1) is 11.8 Å². The summed E-state index contributed by atoms with van der Waals surface area (Å²) in [5, 5.41) is 13.6. The van der Waals surface area contributed by atoms with Crippen LogP contribution < -0.4 is 10.2 Å². The van der Waals surface area contributed by atoms with Crippen molar-refractivity contribution in [1.29, 1.82) is 0 Å². The molecule has 2 fully saturated rings. The predicted octanol–water partition coefficient (Wildman–Crippen LogP) is 5.04. The Morgan fingerprint density at radius 3 is 2.69 bits per heavy atom. The number of pyridine rings is 1. The molecule has 2 N–H and O–H groups in total. The summed E-state index contributed by atoms with van der Waals surface area (Å²) in [7, 11) is 0. The third-order valence-electron chi connectivity index (χ3n) is 7.05. The average molecular weight is 466 g/mol. The van der Waals surface area contributed by atoms with Crippen molar-refractivity contribution in [2.24, 2.45) is 11.8 Å². The Morgan fingerprint density at radius 1 is 1.25 bits per heavy atom. The van der Waals surface area contributed by atoms with E-state index in [1.54, 1.807) is 6.07 Å². The summed E-state index contributed by atoms with van der Waals surface area (Å²) in [5.74, 6) is -1.76. The van der Waals surface area contributed by atoms with Gasteiger partial charge in [0, 0.05) is 49.9 Å². The number of rotatable bonds is 6. The minimum Gasteiger partial charge on any atom is -0.396 e. The zero-order valence-electron chi connectivity index (χ0n) is 18.3. The van der Waals surface area contributed by atoms with E-state index in [1.807, 2.05) is 18.2 Å². The molecule has 2 aromatic rings. The molecule has 1 aromatic carbocycles. The lowest BCUT2D eigenvalue weighted by atomic mass is 9.87. The maximum absolute atomic E-state index is 13.4. The number of aliphatic hydroxyl groups is 1. The van der Waals surface area contributed by atoms with Crippen molar-refractivity contribution in [3.8, 4) is 0 Å². The molecular formula is C24H30ClF2N3O2. The number of alkyl halides is 2. The SMILES string of the molecule is CC[C@@H]1C(CO)CCN1c1ccc2c(C(=O)NCC3CCC(F)(F)CC3)c(Cl)ccc2n1. The first kappa shape index (κ1) is 23.2. The van der Waals surface area contributed by atoms with Gasteiger partial charge in [0.15, 0.2) is 0 Å². The number of amides is 1. The van der Waals surface area contributed by atoms with Crippen LogP contribution in [0.15, 0.2) is 24.3 Å². The first-order valence-corrected chi connectivity index (χ1v) is 11.8. The lowest BCUT2D eigenvalue weighted by molar-refractivity contribution is -0.0452. The molecule has 2 heterocycles. The van der Waals surface area contributed by atoms with E-state index < -0.39 is 5.92 Å². The molecule has 1 aromatic heterocycles. The van der Waals surface area contributed by atoms with Crippen molar-refractivity contribution in [1.82, 2.24) is 10.3 Å². The maximum atomic E-state index is 13.4. The fourth-order valence-corrected chi connectivity index (χ4v) is 5.41. The van der Waals surface area contributed by atoms with E-state index in [2.05, 4.69) is 17.1 Å². The van der Waals surface area contributed by atoms with Gasteiger partial charge < -0.3 is 15.3 Å². The summed E-state index contributed by atoms with van der Waals surface area (Å²) in [4.78, 5) is 20.0. The summed E-state index contributed by atoms with van der Waals surface area (Å²) in [6.07, 6.45) is 2.42. The van der Waals surface area contributed by atoms with Crippen molar-refractivity contribution >= 4 is 34.2 Å². The molecule has 4 rings (SSSR count). The molecule has 32 heavy (non-hydrogen) atoms. The number of hydrogen-bond acceptors (Lipinski definition) is 4. The highest BCUT2D eigenvalue weighted by Crippen LogP contribution is 2.36. The number of hydrogen-bond donors (Lipinski definition) is 2. The second-order valence-corrected chi connectivity index (χ2v) is 9.48. The van der Waals surface area contributed by atoms with E-state index in [4.69, 9.17) is 16.6 Å². The van der Waals surface area contributed by atoms with E-state index in [-0.39, 0.29) is 43.2 Å². The fourth-order valence-electron chi connectivity index (χ4n) is 5.16. The van der Waals surface area contributed by atoms with Crippen LogP contribution in [0.4, 0.5) is 14.6 Å². The minimum atomic E-state index is -2.58. The van der Waals surface area contributed by atoms with Crippen LogP contribution in [0.25, 0.3) is 10.9 Å². The molecule has 0 radical (unpaired) electrons. The van der Waals surface area contributed by atoms with Crippen LogP contribution in [0.5, 0.6) is 0 Å². The molecular weight excluding hydrogens is 436 g/mol. The van der Waals surface area contributed by atoms with Crippen LogP contribution in [0.2, 0.25) is 5.02 Å². The molecule has 0 spiro atoms. The average Bonchev–Trinajstić information content (AvgIpc) is 3.21. The third kappa shape index (κ3) is 4.69. The van der Waals surface area contributed by atoms with Gasteiger partial charge in [-0.25, -0.2) is 13.8 Å². The van der Waals surface area contributed by atoms with Gasteiger partial charge in [0.25, 0.3) is 5.91 Å². The monoisotopic (exact) mass is 465 g/mol. The molecule has 8 heteroatoms. The minimum absolute atomic E-state index is 0.0534. The number of benzene rings is 1. The number of aromatic nitrogens is 1. The maximum Gasteiger partial charge on any atom is 0.253 e. The summed E-state index contributed by atoms with van der Waals surface area (Å²) in [6, 6.07) is 7.50. The number of fused-ring (bicyclic) bond motifs is 1.